The summed E-state index contributed by atoms with van der Waals surface area (Å²) in [5.74, 6) is -0.689. The highest BCUT2D eigenvalue weighted by atomic mass is 16.2. The van der Waals surface area contributed by atoms with Crippen molar-refractivity contribution in [2.45, 2.75) is 26.7 Å². The molecule has 2 rings (SSSR count). The van der Waals surface area contributed by atoms with Gasteiger partial charge in [0.25, 0.3) is 0 Å². The van der Waals surface area contributed by atoms with Gasteiger partial charge in [-0.25, -0.2) is 10.9 Å². The third kappa shape index (κ3) is 5.18. The van der Waals surface area contributed by atoms with Crippen LogP contribution in [0.1, 0.15) is 32.3 Å². The first-order valence-electron chi connectivity index (χ1n) is 7.45. The van der Waals surface area contributed by atoms with Crippen molar-refractivity contribution in [2.24, 2.45) is 16.1 Å². The molecule has 0 spiro atoms. The first kappa shape index (κ1) is 16.6. The van der Waals surface area contributed by atoms with Gasteiger partial charge in [0.15, 0.2) is 0 Å². The molecule has 2 N–H and O–H groups in total. The van der Waals surface area contributed by atoms with Gasteiger partial charge >= 0.3 is 0 Å². The average molecular weight is 312 g/mol. The summed E-state index contributed by atoms with van der Waals surface area (Å²) in [6.07, 6.45) is 4.23. The number of hydrazone groups is 2. The predicted octanol–water partition coefficient (Wildman–Crippen LogP) is 2.09. The Kier molecular flexibility index (Phi) is 5.80. The van der Waals surface area contributed by atoms with Crippen LogP contribution < -0.4 is 10.9 Å². The molecule has 6 heteroatoms. The monoisotopic (exact) mass is 312 g/mol. The Hall–Kier alpha value is -2.76. The molecule has 0 saturated carbocycles. The number of benzene rings is 1. The molecular formula is C17H20N4O2. The van der Waals surface area contributed by atoms with Gasteiger partial charge in [0, 0.05) is 12.1 Å². The highest BCUT2D eigenvalue weighted by molar-refractivity contribution is 6.07. The number of hydrogen-bond donors (Lipinski definition) is 2. The van der Waals surface area contributed by atoms with Gasteiger partial charge in [-0.15, -0.1) is 0 Å². The van der Waals surface area contributed by atoms with Gasteiger partial charge in [-0.05, 0) is 31.4 Å². The summed E-state index contributed by atoms with van der Waals surface area (Å²) in [4.78, 5) is 23.2. The predicted molar refractivity (Wildman–Crippen MR) is 90.7 cm³/mol. The number of allylic oxidation sites excluding steroid dienone is 1. The fraction of sp³-hybridized carbons (Fsp3) is 0.294. The minimum Gasteiger partial charge on any atom is -0.273 e. The average Bonchev–Trinajstić information content (AvgIpc) is 2.85. The standard InChI is InChI=1S/C17H20N4O2/c1-12(10-14-6-4-3-5-7-14)11-18-20-16(22)9-8-15-13(2)19-21-17(15)23/h3-7,10-11,15H,8-9H2,1-2H3,(H,20,22)(H,21,23)/b12-10+,18-11-/t15-/m1/s1. The topological polar surface area (TPSA) is 82.9 Å². The van der Waals surface area contributed by atoms with E-state index in [1.165, 1.54) is 0 Å². The number of carbonyl (C=O) groups excluding carboxylic acids is 2. The molecule has 0 unspecified atom stereocenters. The number of carbonyl (C=O) groups is 2. The summed E-state index contributed by atoms with van der Waals surface area (Å²) >= 11 is 0. The molecule has 0 aromatic heterocycles. The smallest absolute Gasteiger partial charge is 0.248 e. The van der Waals surface area contributed by atoms with E-state index in [1.807, 2.05) is 43.3 Å². The molecule has 0 aliphatic carbocycles. The fourth-order valence-corrected chi connectivity index (χ4v) is 2.22. The lowest BCUT2D eigenvalue weighted by Gasteiger charge is -2.06. The maximum absolute atomic E-state index is 11.7. The van der Waals surface area contributed by atoms with Crippen molar-refractivity contribution < 1.29 is 9.59 Å². The SMILES string of the molecule is CC1=NNC(=O)[C@@H]1CCC(=O)N/N=C\C(C)=C\c1ccccc1. The highest BCUT2D eigenvalue weighted by Crippen LogP contribution is 2.13. The van der Waals surface area contributed by atoms with E-state index in [4.69, 9.17) is 0 Å². The van der Waals surface area contributed by atoms with E-state index in [1.54, 1.807) is 13.1 Å². The van der Waals surface area contributed by atoms with Crippen molar-refractivity contribution >= 4 is 29.8 Å². The second-order valence-electron chi connectivity index (χ2n) is 5.41. The molecule has 1 aromatic rings. The lowest BCUT2D eigenvalue weighted by atomic mass is 9.99. The van der Waals surface area contributed by atoms with E-state index in [0.717, 1.165) is 11.1 Å². The van der Waals surface area contributed by atoms with Crippen LogP contribution in [0.2, 0.25) is 0 Å². The van der Waals surface area contributed by atoms with Gasteiger partial charge < -0.3 is 0 Å². The number of hydrogen-bond acceptors (Lipinski definition) is 4. The van der Waals surface area contributed by atoms with Crippen molar-refractivity contribution in [1.82, 2.24) is 10.9 Å². The quantitative estimate of drug-likeness (QED) is 0.623. The summed E-state index contributed by atoms with van der Waals surface area (Å²) in [6, 6.07) is 9.86. The number of nitrogens with one attached hydrogen (secondary N) is 2. The molecule has 0 saturated heterocycles. The van der Waals surface area contributed by atoms with Crippen LogP contribution in [0.4, 0.5) is 0 Å². The van der Waals surface area contributed by atoms with Gasteiger partial charge in [-0.2, -0.15) is 10.2 Å². The molecular weight excluding hydrogens is 292 g/mol. The minimum atomic E-state index is -0.315. The lowest BCUT2D eigenvalue weighted by Crippen LogP contribution is -2.25. The molecule has 0 radical (unpaired) electrons. The van der Waals surface area contributed by atoms with Gasteiger partial charge in [-0.3, -0.25) is 9.59 Å². The summed E-state index contributed by atoms with van der Waals surface area (Å²) in [7, 11) is 0. The Morgan fingerprint density at radius 1 is 1.39 bits per heavy atom. The van der Waals surface area contributed by atoms with E-state index in [2.05, 4.69) is 21.1 Å². The van der Waals surface area contributed by atoms with Crippen molar-refractivity contribution in [3.63, 3.8) is 0 Å². The van der Waals surface area contributed by atoms with E-state index >= 15 is 0 Å². The van der Waals surface area contributed by atoms with Crippen LogP contribution >= 0.6 is 0 Å². The van der Waals surface area contributed by atoms with Crippen molar-refractivity contribution in [3.05, 3.63) is 41.5 Å². The zero-order valence-electron chi connectivity index (χ0n) is 13.2. The molecule has 23 heavy (non-hydrogen) atoms. The summed E-state index contributed by atoms with van der Waals surface area (Å²) in [5.41, 5.74) is 7.59. The summed E-state index contributed by atoms with van der Waals surface area (Å²) in [6.45, 7) is 3.68. The third-order valence-corrected chi connectivity index (χ3v) is 3.47. The van der Waals surface area contributed by atoms with Crippen LogP contribution in [0.5, 0.6) is 0 Å². The van der Waals surface area contributed by atoms with Gasteiger partial charge in [0.2, 0.25) is 11.8 Å². The van der Waals surface area contributed by atoms with E-state index < -0.39 is 0 Å². The Morgan fingerprint density at radius 3 is 2.78 bits per heavy atom. The van der Waals surface area contributed by atoms with E-state index in [-0.39, 0.29) is 24.2 Å². The first-order chi connectivity index (χ1) is 11.1. The molecule has 0 bridgehead atoms. The Bertz CT molecular complexity index is 662. The summed E-state index contributed by atoms with van der Waals surface area (Å²) < 4.78 is 0. The second-order valence-corrected chi connectivity index (χ2v) is 5.41. The molecule has 6 nitrogen and oxygen atoms in total. The number of amides is 2. The molecule has 2 amide bonds. The summed E-state index contributed by atoms with van der Waals surface area (Å²) in [5, 5.41) is 7.78. The molecule has 1 aliphatic rings. The van der Waals surface area contributed by atoms with Gasteiger partial charge in [-0.1, -0.05) is 36.4 Å². The van der Waals surface area contributed by atoms with Crippen LogP contribution in [0.3, 0.4) is 0 Å². The van der Waals surface area contributed by atoms with Crippen molar-refractivity contribution in [1.29, 1.82) is 0 Å². The molecule has 1 heterocycles. The Balaban J connectivity index is 1.77. The Labute approximate surface area is 135 Å². The van der Waals surface area contributed by atoms with Crippen LogP contribution in [0.25, 0.3) is 6.08 Å². The van der Waals surface area contributed by atoms with Crippen LogP contribution in [-0.4, -0.2) is 23.7 Å². The molecule has 120 valence electrons. The first-order valence-corrected chi connectivity index (χ1v) is 7.45. The largest absolute Gasteiger partial charge is 0.273 e. The van der Waals surface area contributed by atoms with Crippen molar-refractivity contribution in [3.8, 4) is 0 Å². The zero-order valence-corrected chi connectivity index (χ0v) is 13.2. The fourth-order valence-electron chi connectivity index (χ4n) is 2.22. The molecule has 0 fully saturated rings. The van der Waals surface area contributed by atoms with Crippen LogP contribution in [0.15, 0.2) is 46.1 Å². The Morgan fingerprint density at radius 2 is 2.13 bits per heavy atom. The molecule has 1 atom stereocenters. The number of rotatable bonds is 6. The third-order valence-electron chi connectivity index (χ3n) is 3.47. The van der Waals surface area contributed by atoms with Crippen LogP contribution in [-0.2, 0) is 9.59 Å². The highest BCUT2D eigenvalue weighted by Gasteiger charge is 2.26. The maximum atomic E-state index is 11.7. The van der Waals surface area contributed by atoms with E-state index in [0.29, 0.717) is 12.1 Å². The normalized spacial score (nSPS) is 18.0. The zero-order chi connectivity index (χ0) is 16.7. The van der Waals surface area contributed by atoms with Gasteiger partial charge in [0.05, 0.1) is 12.1 Å². The van der Waals surface area contributed by atoms with E-state index in [9.17, 15) is 9.59 Å². The molecule has 1 aliphatic heterocycles. The van der Waals surface area contributed by atoms with Crippen LogP contribution in [0, 0.1) is 5.92 Å². The minimum absolute atomic E-state index is 0.152. The maximum Gasteiger partial charge on any atom is 0.248 e. The van der Waals surface area contributed by atoms with Gasteiger partial charge in [0.1, 0.15) is 0 Å². The number of nitrogens with zero attached hydrogens (tertiary/aromatic N) is 2. The second kappa shape index (κ2) is 8.03. The van der Waals surface area contributed by atoms with Crippen molar-refractivity contribution in [2.75, 3.05) is 0 Å². The molecule has 1 aromatic carbocycles. The lowest BCUT2D eigenvalue weighted by molar-refractivity contribution is -0.123.